The normalized spacial score (nSPS) is 12.3. The van der Waals surface area contributed by atoms with Crippen molar-refractivity contribution in [3.05, 3.63) is 59.4 Å². The lowest BCUT2D eigenvalue weighted by Crippen LogP contribution is -2.26. The van der Waals surface area contributed by atoms with Gasteiger partial charge in [0.15, 0.2) is 0 Å². The Labute approximate surface area is 108 Å². The van der Waals surface area contributed by atoms with E-state index < -0.39 is 0 Å². The molecule has 4 N–H and O–H groups in total. The fraction of sp³-hybridized carbons (Fsp3) is 0.267. The maximum atomic E-state index is 6.16. The molecule has 18 heavy (non-hydrogen) atoms. The first-order chi connectivity index (χ1) is 8.65. The SMILES string of the molecule is Cc1ccc(CC(N)Cc2cnccc2N)cc1. The molecule has 0 radical (unpaired) electrons. The van der Waals surface area contributed by atoms with Crippen LogP contribution < -0.4 is 11.5 Å². The van der Waals surface area contributed by atoms with Gasteiger partial charge in [0.25, 0.3) is 0 Å². The van der Waals surface area contributed by atoms with Gasteiger partial charge in [-0.2, -0.15) is 0 Å². The van der Waals surface area contributed by atoms with Gasteiger partial charge in [-0.3, -0.25) is 4.98 Å². The summed E-state index contributed by atoms with van der Waals surface area (Å²) in [4.78, 5) is 4.08. The van der Waals surface area contributed by atoms with Crippen LogP contribution in [0.3, 0.4) is 0 Å². The molecule has 0 saturated heterocycles. The van der Waals surface area contributed by atoms with E-state index in [1.807, 2.05) is 6.07 Å². The average molecular weight is 241 g/mol. The van der Waals surface area contributed by atoms with Gasteiger partial charge in [-0.25, -0.2) is 0 Å². The summed E-state index contributed by atoms with van der Waals surface area (Å²) in [5, 5.41) is 0. The third-order valence-corrected chi connectivity index (χ3v) is 3.04. The van der Waals surface area contributed by atoms with Crippen molar-refractivity contribution in [2.75, 3.05) is 5.73 Å². The highest BCUT2D eigenvalue weighted by Crippen LogP contribution is 2.13. The zero-order chi connectivity index (χ0) is 13.0. The number of nitrogens with zero attached hydrogens (tertiary/aromatic N) is 1. The summed E-state index contributed by atoms with van der Waals surface area (Å²) in [7, 11) is 0. The summed E-state index contributed by atoms with van der Waals surface area (Å²) in [6.45, 7) is 2.08. The molecule has 2 rings (SSSR count). The number of nitrogens with two attached hydrogens (primary N) is 2. The molecule has 0 saturated carbocycles. The summed E-state index contributed by atoms with van der Waals surface area (Å²) in [5.74, 6) is 0. The van der Waals surface area contributed by atoms with E-state index in [0.717, 1.165) is 24.1 Å². The smallest absolute Gasteiger partial charge is 0.0378 e. The molecule has 2 aromatic rings. The maximum absolute atomic E-state index is 6.16. The van der Waals surface area contributed by atoms with Crippen LogP contribution in [0, 0.1) is 6.92 Å². The van der Waals surface area contributed by atoms with E-state index in [2.05, 4.69) is 36.2 Å². The van der Waals surface area contributed by atoms with Crippen LogP contribution in [0.25, 0.3) is 0 Å². The molecule has 0 fully saturated rings. The van der Waals surface area contributed by atoms with Crippen LogP contribution in [0.4, 0.5) is 5.69 Å². The molecule has 1 atom stereocenters. The van der Waals surface area contributed by atoms with Crippen molar-refractivity contribution in [3.8, 4) is 0 Å². The van der Waals surface area contributed by atoms with Gasteiger partial charge in [0.1, 0.15) is 0 Å². The molecular formula is C15H19N3. The van der Waals surface area contributed by atoms with Crippen LogP contribution in [0.15, 0.2) is 42.7 Å². The molecule has 0 aliphatic rings. The number of pyridine rings is 1. The van der Waals surface area contributed by atoms with Gasteiger partial charge < -0.3 is 11.5 Å². The van der Waals surface area contributed by atoms with Crippen LogP contribution in [-0.4, -0.2) is 11.0 Å². The zero-order valence-corrected chi connectivity index (χ0v) is 10.6. The van der Waals surface area contributed by atoms with E-state index in [0.29, 0.717) is 0 Å². The number of hydrogen-bond donors (Lipinski definition) is 2. The molecule has 0 spiro atoms. The van der Waals surface area contributed by atoms with Gasteiger partial charge in [-0.05, 0) is 37.0 Å². The molecule has 0 aliphatic heterocycles. The number of rotatable bonds is 4. The van der Waals surface area contributed by atoms with E-state index in [9.17, 15) is 0 Å². The first-order valence-corrected chi connectivity index (χ1v) is 6.14. The van der Waals surface area contributed by atoms with E-state index in [1.54, 1.807) is 12.4 Å². The van der Waals surface area contributed by atoms with Crippen molar-refractivity contribution in [2.24, 2.45) is 5.73 Å². The van der Waals surface area contributed by atoms with Crippen LogP contribution in [0.5, 0.6) is 0 Å². The Balaban J connectivity index is 1.99. The largest absolute Gasteiger partial charge is 0.398 e. The molecule has 0 amide bonds. The predicted octanol–water partition coefficient (Wildman–Crippen LogP) is 2.08. The van der Waals surface area contributed by atoms with Gasteiger partial charge in [-0.1, -0.05) is 29.8 Å². The van der Waals surface area contributed by atoms with E-state index >= 15 is 0 Å². The number of aromatic nitrogens is 1. The van der Waals surface area contributed by atoms with Crippen LogP contribution >= 0.6 is 0 Å². The second-order valence-electron chi connectivity index (χ2n) is 4.73. The quantitative estimate of drug-likeness (QED) is 0.861. The monoisotopic (exact) mass is 241 g/mol. The van der Waals surface area contributed by atoms with Gasteiger partial charge >= 0.3 is 0 Å². The number of anilines is 1. The van der Waals surface area contributed by atoms with Crippen molar-refractivity contribution in [1.29, 1.82) is 0 Å². The van der Waals surface area contributed by atoms with Gasteiger partial charge in [0.05, 0.1) is 0 Å². The Kier molecular flexibility index (Phi) is 3.95. The summed E-state index contributed by atoms with van der Waals surface area (Å²) < 4.78 is 0. The number of nitrogen functional groups attached to an aromatic ring is 1. The first kappa shape index (κ1) is 12.6. The van der Waals surface area contributed by atoms with E-state index in [-0.39, 0.29) is 6.04 Å². The molecule has 1 aromatic carbocycles. The number of hydrogen-bond acceptors (Lipinski definition) is 3. The zero-order valence-electron chi connectivity index (χ0n) is 10.6. The molecule has 1 unspecified atom stereocenters. The molecule has 1 aromatic heterocycles. The Bertz CT molecular complexity index is 505. The second-order valence-corrected chi connectivity index (χ2v) is 4.73. The first-order valence-electron chi connectivity index (χ1n) is 6.14. The Morgan fingerprint density at radius 1 is 1.11 bits per heavy atom. The number of benzene rings is 1. The lowest BCUT2D eigenvalue weighted by atomic mass is 9.99. The van der Waals surface area contributed by atoms with E-state index in [4.69, 9.17) is 11.5 Å². The van der Waals surface area contributed by atoms with Gasteiger partial charge in [0, 0.05) is 24.1 Å². The molecular weight excluding hydrogens is 222 g/mol. The maximum Gasteiger partial charge on any atom is 0.0378 e. The minimum absolute atomic E-state index is 0.0687. The Morgan fingerprint density at radius 3 is 2.50 bits per heavy atom. The van der Waals surface area contributed by atoms with Gasteiger partial charge in [0.2, 0.25) is 0 Å². The van der Waals surface area contributed by atoms with Crippen LogP contribution in [0.1, 0.15) is 16.7 Å². The van der Waals surface area contributed by atoms with E-state index in [1.165, 1.54) is 11.1 Å². The highest BCUT2D eigenvalue weighted by atomic mass is 14.7. The predicted molar refractivity (Wildman–Crippen MR) is 75.2 cm³/mol. The summed E-state index contributed by atoms with van der Waals surface area (Å²) in [5.41, 5.74) is 16.4. The van der Waals surface area contributed by atoms with Crippen LogP contribution in [-0.2, 0) is 12.8 Å². The van der Waals surface area contributed by atoms with Crippen molar-refractivity contribution < 1.29 is 0 Å². The highest BCUT2D eigenvalue weighted by molar-refractivity contribution is 5.44. The molecule has 0 bridgehead atoms. The average Bonchev–Trinajstić information content (AvgIpc) is 2.35. The molecule has 94 valence electrons. The third-order valence-electron chi connectivity index (χ3n) is 3.04. The summed E-state index contributed by atoms with van der Waals surface area (Å²) >= 11 is 0. The molecule has 3 heteroatoms. The fourth-order valence-corrected chi connectivity index (χ4v) is 1.99. The van der Waals surface area contributed by atoms with Crippen LogP contribution in [0.2, 0.25) is 0 Å². The number of aryl methyl sites for hydroxylation is 1. The molecule has 1 heterocycles. The topological polar surface area (TPSA) is 64.9 Å². The Morgan fingerprint density at radius 2 is 1.83 bits per heavy atom. The van der Waals surface area contributed by atoms with Crippen molar-refractivity contribution in [1.82, 2.24) is 4.98 Å². The highest BCUT2D eigenvalue weighted by Gasteiger charge is 2.07. The van der Waals surface area contributed by atoms with Crippen molar-refractivity contribution in [3.63, 3.8) is 0 Å². The lowest BCUT2D eigenvalue weighted by Gasteiger charge is -2.13. The molecule has 3 nitrogen and oxygen atoms in total. The minimum atomic E-state index is 0.0687. The lowest BCUT2D eigenvalue weighted by molar-refractivity contribution is 0.664. The third kappa shape index (κ3) is 3.31. The second kappa shape index (κ2) is 5.65. The summed E-state index contributed by atoms with van der Waals surface area (Å²) in [6, 6.07) is 10.4. The summed E-state index contributed by atoms with van der Waals surface area (Å²) in [6.07, 6.45) is 5.11. The Hall–Kier alpha value is -1.87. The van der Waals surface area contributed by atoms with Crippen molar-refractivity contribution >= 4 is 5.69 Å². The fourth-order valence-electron chi connectivity index (χ4n) is 1.99. The molecule has 0 aliphatic carbocycles. The standard InChI is InChI=1S/C15H19N3/c1-11-2-4-12(5-3-11)8-14(16)9-13-10-18-7-6-15(13)17/h2-7,10,14H,8-9,16H2,1H3,(H2,17,18). The minimum Gasteiger partial charge on any atom is -0.398 e. The van der Waals surface area contributed by atoms with Crippen molar-refractivity contribution in [2.45, 2.75) is 25.8 Å². The van der Waals surface area contributed by atoms with Gasteiger partial charge in [-0.15, -0.1) is 0 Å².